The number of fused-ring (bicyclic) bond motifs is 5. The molecular formula is C27H46O6. The molecule has 0 heterocycles. The minimum Gasteiger partial charge on any atom is -0.481 e. The Labute approximate surface area is 198 Å². The van der Waals surface area contributed by atoms with Gasteiger partial charge in [0.25, 0.3) is 0 Å². The molecule has 13 atom stereocenters. The van der Waals surface area contributed by atoms with Crippen molar-refractivity contribution < 1.29 is 30.3 Å². The van der Waals surface area contributed by atoms with Gasteiger partial charge in [0.2, 0.25) is 0 Å². The number of carbonyl (C=O) groups is 1. The third-order valence-corrected chi connectivity index (χ3v) is 11.2. The number of rotatable bonds is 6. The smallest absolute Gasteiger partial charge is 0.306 e. The van der Waals surface area contributed by atoms with Crippen molar-refractivity contribution in [3.8, 4) is 0 Å². The first-order chi connectivity index (χ1) is 15.4. The van der Waals surface area contributed by atoms with Gasteiger partial charge in [-0.3, -0.25) is 4.79 Å². The third kappa shape index (κ3) is 4.17. The van der Waals surface area contributed by atoms with E-state index in [-0.39, 0.29) is 59.0 Å². The number of carboxylic acids is 1. The van der Waals surface area contributed by atoms with Crippen molar-refractivity contribution in [3.63, 3.8) is 0 Å². The lowest BCUT2D eigenvalue weighted by atomic mass is 9.43. The first-order valence-electron chi connectivity index (χ1n) is 13.3. The first-order valence-corrected chi connectivity index (χ1v) is 13.3. The standard InChI is InChI=1S/C27H46O6/c1-14(9-18(29)10-15(2)25(32)33)19-5-6-20-24-21(13-23(31)27(19,20)4)26(3)8-7-17(28)11-16(26)12-22(24)30/h14-24,28-31H,5-13H2,1-4H3,(H,32,33)/t14-,15?,16?,17-,18+,19-,20+,21+,22-,23+,24+,26+,27-/m1/s1. The van der Waals surface area contributed by atoms with Gasteiger partial charge in [0.15, 0.2) is 0 Å². The van der Waals surface area contributed by atoms with Crippen molar-refractivity contribution in [2.75, 3.05) is 0 Å². The Hall–Kier alpha value is -0.690. The van der Waals surface area contributed by atoms with Gasteiger partial charge in [0.05, 0.1) is 30.3 Å². The molecule has 33 heavy (non-hydrogen) atoms. The fourth-order valence-corrected chi connectivity index (χ4v) is 9.33. The van der Waals surface area contributed by atoms with E-state index in [1.165, 1.54) is 0 Å². The summed E-state index contributed by atoms with van der Waals surface area (Å²) in [5.41, 5.74) is -0.227. The molecule has 4 rings (SSSR count). The fourth-order valence-electron chi connectivity index (χ4n) is 9.33. The van der Waals surface area contributed by atoms with E-state index in [4.69, 9.17) is 0 Å². The molecule has 0 bridgehead atoms. The van der Waals surface area contributed by atoms with Gasteiger partial charge in [-0.2, -0.15) is 0 Å². The molecular weight excluding hydrogens is 420 g/mol. The second-order valence-electron chi connectivity index (χ2n) is 12.9. The van der Waals surface area contributed by atoms with Crippen LogP contribution in [-0.2, 0) is 4.79 Å². The zero-order valence-electron chi connectivity index (χ0n) is 20.9. The molecule has 4 fully saturated rings. The van der Waals surface area contributed by atoms with Crippen LogP contribution in [0, 0.1) is 52.3 Å². The van der Waals surface area contributed by atoms with Crippen LogP contribution in [0.25, 0.3) is 0 Å². The molecule has 2 unspecified atom stereocenters. The molecule has 190 valence electrons. The van der Waals surface area contributed by atoms with Gasteiger partial charge in [0, 0.05) is 0 Å². The normalized spacial score (nSPS) is 49.9. The van der Waals surface area contributed by atoms with Crippen molar-refractivity contribution in [2.24, 2.45) is 52.3 Å². The summed E-state index contributed by atoms with van der Waals surface area (Å²) in [7, 11) is 0. The maximum Gasteiger partial charge on any atom is 0.306 e. The molecule has 0 aromatic carbocycles. The number of hydrogen-bond acceptors (Lipinski definition) is 5. The van der Waals surface area contributed by atoms with Crippen molar-refractivity contribution in [1.29, 1.82) is 0 Å². The van der Waals surface area contributed by atoms with Crippen LogP contribution in [0.15, 0.2) is 0 Å². The van der Waals surface area contributed by atoms with Crippen LogP contribution in [0.2, 0.25) is 0 Å². The summed E-state index contributed by atoms with van der Waals surface area (Å²) in [4.78, 5) is 11.2. The van der Waals surface area contributed by atoms with E-state index in [2.05, 4.69) is 20.8 Å². The topological polar surface area (TPSA) is 118 Å². The van der Waals surface area contributed by atoms with Crippen LogP contribution in [0.3, 0.4) is 0 Å². The number of carboxylic acid groups (broad SMARTS) is 1. The molecule has 0 aromatic heterocycles. The molecule has 4 aliphatic carbocycles. The monoisotopic (exact) mass is 466 g/mol. The van der Waals surface area contributed by atoms with Crippen LogP contribution in [0.4, 0.5) is 0 Å². The van der Waals surface area contributed by atoms with Crippen LogP contribution < -0.4 is 0 Å². The molecule has 5 N–H and O–H groups in total. The van der Waals surface area contributed by atoms with Gasteiger partial charge in [-0.15, -0.1) is 0 Å². The maximum atomic E-state index is 11.6. The summed E-state index contributed by atoms with van der Waals surface area (Å²) in [5, 5.41) is 53.0. The van der Waals surface area contributed by atoms with Gasteiger partial charge in [0.1, 0.15) is 0 Å². The van der Waals surface area contributed by atoms with Gasteiger partial charge < -0.3 is 25.5 Å². The average Bonchev–Trinajstić information content (AvgIpc) is 3.08. The van der Waals surface area contributed by atoms with E-state index in [1.807, 2.05) is 0 Å². The SMILES string of the molecule is CC(C[C@@H](O)C[C@@H](C)[C@H]1CC[C@H]2[C@@H]3[C@H](O)CC4C[C@H](O)CC[C@]4(C)[C@H]3C[C@H](O)[C@]12C)C(=O)O. The minimum atomic E-state index is -0.878. The van der Waals surface area contributed by atoms with Crippen molar-refractivity contribution in [3.05, 3.63) is 0 Å². The average molecular weight is 467 g/mol. The van der Waals surface area contributed by atoms with Crippen molar-refractivity contribution in [2.45, 2.75) is 110 Å². The fraction of sp³-hybridized carbons (Fsp3) is 0.963. The second-order valence-corrected chi connectivity index (χ2v) is 12.9. The van der Waals surface area contributed by atoms with Gasteiger partial charge in [-0.1, -0.05) is 27.7 Å². The van der Waals surface area contributed by atoms with E-state index in [0.29, 0.717) is 18.8 Å². The largest absolute Gasteiger partial charge is 0.481 e. The second kappa shape index (κ2) is 9.07. The summed E-state index contributed by atoms with van der Waals surface area (Å²) in [6.07, 6.45) is 5.04. The molecule has 4 saturated carbocycles. The van der Waals surface area contributed by atoms with E-state index < -0.39 is 24.1 Å². The maximum absolute atomic E-state index is 11.6. The minimum absolute atomic E-state index is 0.0678. The number of aliphatic hydroxyl groups is 4. The van der Waals surface area contributed by atoms with Gasteiger partial charge >= 0.3 is 5.97 Å². The number of aliphatic hydroxyl groups excluding tert-OH is 4. The Kier molecular flexibility index (Phi) is 6.98. The van der Waals surface area contributed by atoms with Crippen LogP contribution in [-0.4, -0.2) is 55.9 Å². The summed E-state index contributed by atoms with van der Waals surface area (Å²) in [6, 6.07) is 0. The van der Waals surface area contributed by atoms with Gasteiger partial charge in [-0.25, -0.2) is 0 Å². The third-order valence-electron chi connectivity index (χ3n) is 11.2. The molecule has 0 spiro atoms. The highest BCUT2D eigenvalue weighted by Gasteiger charge is 2.65. The highest BCUT2D eigenvalue weighted by Crippen LogP contribution is 2.68. The summed E-state index contributed by atoms with van der Waals surface area (Å²) in [6.45, 7) is 8.34. The molecule has 0 aromatic rings. The summed E-state index contributed by atoms with van der Waals surface area (Å²) >= 11 is 0. The quantitative estimate of drug-likeness (QED) is 0.409. The molecule has 6 nitrogen and oxygen atoms in total. The highest BCUT2D eigenvalue weighted by molar-refractivity contribution is 5.69. The Morgan fingerprint density at radius 2 is 1.67 bits per heavy atom. The Bertz CT molecular complexity index is 727. The van der Waals surface area contributed by atoms with E-state index in [1.54, 1.807) is 6.92 Å². The first kappa shape index (κ1) is 25.4. The zero-order valence-corrected chi connectivity index (χ0v) is 20.9. The van der Waals surface area contributed by atoms with Crippen LogP contribution >= 0.6 is 0 Å². The Morgan fingerprint density at radius 1 is 0.970 bits per heavy atom. The molecule has 0 radical (unpaired) electrons. The van der Waals surface area contributed by atoms with E-state index >= 15 is 0 Å². The summed E-state index contributed by atoms with van der Waals surface area (Å²) < 4.78 is 0. The van der Waals surface area contributed by atoms with Crippen molar-refractivity contribution >= 4 is 5.97 Å². The molecule has 4 aliphatic rings. The lowest BCUT2D eigenvalue weighted by Gasteiger charge is -2.63. The molecule has 0 saturated heterocycles. The Balaban J connectivity index is 1.53. The number of hydrogen-bond donors (Lipinski definition) is 5. The van der Waals surface area contributed by atoms with Crippen LogP contribution in [0.1, 0.15) is 85.5 Å². The predicted octanol–water partition coefficient (Wildman–Crippen LogP) is 3.45. The Morgan fingerprint density at radius 3 is 2.33 bits per heavy atom. The van der Waals surface area contributed by atoms with Gasteiger partial charge in [-0.05, 0) is 104 Å². The van der Waals surface area contributed by atoms with Crippen molar-refractivity contribution in [1.82, 2.24) is 0 Å². The molecule has 0 aliphatic heterocycles. The predicted molar refractivity (Wildman–Crippen MR) is 125 cm³/mol. The zero-order chi connectivity index (χ0) is 24.3. The summed E-state index contributed by atoms with van der Waals surface area (Å²) in [5.74, 6) is 0.0176. The van der Waals surface area contributed by atoms with E-state index in [0.717, 1.165) is 38.5 Å². The lowest BCUT2D eigenvalue weighted by Crippen LogP contribution is -2.62. The van der Waals surface area contributed by atoms with Crippen LogP contribution in [0.5, 0.6) is 0 Å². The number of aliphatic carboxylic acids is 1. The van der Waals surface area contributed by atoms with E-state index in [9.17, 15) is 30.3 Å². The molecule has 6 heteroatoms. The highest BCUT2D eigenvalue weighted by atomic mass is 16.4. The lowest BCUT2D eigenvalue weighted by molar-refractivity contribution is -0.207. The molecule has 0 amide bonds.